The molecule has 0 saturated heterocycles. The highest BCUT2D eigenvalue weighted by Gasteiger charge is 2.27. The Balaban J connectivity index is 2.68. The van der Waals surface area contributed by atoms with Crippen LogP contribution in [-0.2, 0) is 12.1 Å². The molecule has 1 atom stereocenters. The molecule has 4 nitrogen and oxygen atoms in total. The van der Waals surface area contributed by atoms with Gasteiger partial charge in [0, 0.05) is 25.5 Å². The number of hydrogen-bond acceptors (Lipinski definition) is 3. The molecule has 0 aromatic carbocycles. The van der Waals surface area contributed by atoms with Crippen molar-refractivity contribution in [3.05, 3.63) is 18.2 Å². The van der Waals surface area contributed by atoms with Gasteiger partial charge in [0.05, 0.1) is 0 Å². The molecule has 0 aliphatic carbocycles. The maximum absolute atomic E-state index is 10.4. The van der Waals surface area contributed by atoms with Crippen molar-refractivity contribution in [3.63, 3.8) is 0 Å². The number of aryl methyl sites for hydroxylation is 1. The van der Waals surface area contributed by atoms with Gasteiger partial charge in [0.1, 0.15) is 11.4 Å². The molecule has 0 spiro atoms. The van der Waals surface area contributed by atoms with E-state index >= 15 is 0 Å². The van der Waals surface area contributed by atoms with E-state index in [1.807, 2.05) is 17.7 Å². The number of nitrogens with zero attached hydrogens (tertiary/aromatic N) is 2. The molecule has 1 unspecified atom stereocenters. The van der Waals surface area contributed by atoms with Gasteiger partial charge in [-0.15, -0.1) is 0 Å². The number of imidazole rings is 1. The van der Waals surface area contributed by atoms with Crippen LogP contribution in [0.25, 0.3) is 0 Å². The van der Waals surface area contributed by atoms with Gasteiger partial charge in [-0.25, -0.2) is 4.98 Å². The second kappa shape index (κ2) is 6.01. The lowest BCUT2D eigenvalue weighted by Crippen LogP contribution is -2.38. The fraction of sp³-hybridized carbons (Fsp3) is 0.750. The Morgan fingerprint density at radius 2 is 2.19 bits per heavy atom. The number of nitrogens with one attached hydrogen (secondary N) is 1. The fourth-order valence-electron chi connectivity index (χ4n) is 1.79. The molecular weight excluding hydrogens is 202 g/mol. The van der Waals surface area contributed by atoms with Gasteiger partial charge in [0.15, 0.2) is 0 Å². The van der Waals surface area contributed by atoms with Gasteiger partial charge in [-0.2, -0.15) is 0 Å². The molecule has 92 valence electrons. The molecule has 0 aliphatic heterocycles. The fourth-order valence-corrected chi connectivity index (χ4v) is 1.79. The molecule has 0 radical (unpaired) electrons. The standard InChI is InChI=1S/C12H23N3O/c1-4-6-13-10-12(3,16)11-14-7-9-15(11)8-5-2/h7,9,13,16H,4-6,8,10H2,1-3H3. The summed E-state index contributed by atoms with van der Waals surface area (Å²) in [6, 6.07) is 0. The summed E-state index contributed by atoms with van der Waals surface area (Å²) in [5, 5.41) is 13.6. The van der Waals surface area contributed by atoms with Crippen LogP contribution in [0.1, 0.15) is 39.4 Å². The SMILES string of the molecule is CCCNCC(C)(O)c1nccn1CCC. The van der Waals surface area contributed by atoms with Crippen LogP contribution in [0.2, 0.25) is 0 Å². The molecule has 1 aromatic heterocycles. The normalized spacial score (nSPS) is 15.0. The average Bonchev–Trinajstić information content (AvgIpc) is 2.67. The van der Waals surface area contributed by atoms with E-state index in [9.17, 15) is 5.11 Å². The van der Waals surface area contributed by atoms with Crippen molar-refractivity contribution in [1.82, 2.24) is 14.9 Å². The zero-order valence-corrected chi connectivity index (χ0v) is 10.5. The van der Waals surface area contributed by atoms with Gasteiger partial charge < -0.3 is 15.0 Å². The summed E-state index contributed by atoms with van der Waals surface area (Å²) in [4.78, 5) is 4.26. The molecule has 0 saturated carbocycles. The lowest BCUT2D eigenvalue weighted by molar-refractivity contribution is 0.0441. The van der Waals surface area contributed by atoms with Gasteiger partial charge >= 0.3 is 0 Å². The van der Waals surface area contributed by atoms with Crippen molar-refractivity contribution in [2.45, 2.75) is 45.8 Å². The van der Waals surface area contributed by atoms with Crippen molar-refractivity contribution >= 4 is 0 Å². The van der Waals surface area contributed by atoms with E-state index in [4.69, 9.17) is 0 Å². The first-order valence-corrected chi connectivity index (χ1v) is 6.06. The molecular formula is C12H23N3O. The summed E-state index contributed by atoms with van der Waals surface area (Å²) >= 11 is 0. The summed E-state index contributed by atoms with van der Waals surface area (Å²) in [6.45, 7) is 8.41. The molecule has 1 aromatic rings. The van der Waals surface area contributed by atoms with Gasteiger partial charge in [-0.3, -0.25) is 0 Å². The smallest absolute Gasteiger partial charge is 0.141 e. The third-order valence-corrected chi connectivity index (χ3v) is 2.56. The van der Waals surface area contributed by atoms with Crippen molar-refractivity contribution in [3.8, 4) is 0 Å². The minimum absolute atomic E-state index is 0.543. The predicted molar refractivity (Wildman–Crippen MR) is 65.2 cm³/mol. The minimum Gasteiger partial charge on any atom is -0.381 e. The van der Waals surface area contributed by atoms with E-state index < -0.39 is 5.60 Å². The molecule has 0 fully saturated rings. The van der Waals surface area contributed by atoms with Gasteiger partial charge in [-0.05, 0) is 26.3 Å². The monoisotopic (exact) mass is 225 g/mol. The molecule has 0 bridgehead atoms. The summed E-state index contributed by atoms with van der Waals surface area (Å²) < 4.78 is 2.02. The largest absolute Gasteiger partial charge is 0.381 e. The first-order valence-electron chi connectivity index (χ1n) is 6.06. The summed E-state index contributed by atoms with van der Waals surface area (Å²) in [5.41, 5.74) is -0.895. The van der Waals surface area contributed by atoms with Crippen molar-refractivity contribution < 1.29 is 5.11 Å². The average molecular weight is 225 g/mol. The summed E-state index contributed by atoms with van der Waals surface area (Å²) in [7, 11) is 0. The highest BCUT2D eigenvalue weighted by atomic mass is 16.3. The molecule has 4 heteroatoms. The third kappa shape index (κ3) is 3.32. The third-order valence-electron chi connectivity index (χ3n) is 2.56. The molecule has 16 heavy (non-hydrogen) atoms. The van der Waals surface area contributed by atoms with E-state index in [-0.39, 0.29) is 0 Å². The van der Waals surface area contributed by atoms with Crippen LogP contribution in [0.5, 0.6) is 0 Å². The Labute approximate surface area is 97.7 Å². The zero-order chi connectivity index (χ0) is 12.0. The Kier molecular flexibility index (Phi) is 4.96. The van der Waals surface area contributed by atoms with Crippen LogP contribution in [-0.4, -0.2) is 27.7 Å². The van der Waals surface area contributed by atoms with Gasteiger partial charge in [0.2, 0.25) is 0 Å². The van der Waals surface area contributed by atoms with E-state index in [2.05, 4.69) is 24.1 Å². The van der Waals surface area contributed by atoms with Gasteiger partial charge in [-0.1, -0.05) is 13.8 Å². The zero-order valence-electron chi connectivity index (χ0n) is 10.5. The summed E-state index contributed by atoms with van der Waals surface area (Å²) in [6.07, 6.45) is 5.79. The van der Waals surface area contributed by atoms with Crippen LogP contribution in [0.4, 0.5) is 0 Å². The lowest BCUT2D eigenvalue weighted by atomic mass is 10.1. The molecule has 0 amide bonds. The van der Waals surface area contributed by atoms with Crippen LogP contribution >= 0.6 is 0 Å². The number of aliphatic hydroxyl groups is 1. The minimum atomic E-state index is -0.895. The van der Waals surface area contributed by atoms with Crippen LogP contribution in [0.15, 0.2) is 12.4 Å². The molecule has 0 aliphatic rings. The van der Waals surface area contributed by atoms with Crippen molar-refractivity contribution in [1.29, 1.82) is 0 Å². The highest BCUT2D eigenvalue weighted by Crippen LogP contribution is 2.18. The first kappa shape index (κ1) is 13.2. The van der Waals surface area contributed by atoms with E-state index in [0.29, 0.717) is 6.54 Å². The summed E-state index contributed by atoms with van der Waals surface area (Å²) in [5.74, 6) is 0.748. The van der Waals surface area contributed by atoms with Crippen LogP contribution in [0.3, 0.4) is 0 Å². The first-order chi connectivity index (χ1) is 7.61. The van der Waals surface area contributed by atoms with E-state index in [1.165, 1.54) is 0 Å². The second-order valence-electron chi connectivity index (χ2n) is 4.39. The second-order valence-corrected chi connectivity index (χ2v) is 4.39. The molecule has 1 heterocycles. The Hall–Kier alpha value is -0.870. The molecule has 1 rings (SSSR count). The Bertz CT molecular complexity index is 307. The highest BCUT2D eigenvalue weighted by molar-refractivity contribution is 5.04. The quantitative estimate of drug-likeness (QED) is 0.691. The number of hydrogen-bond donors (Lipinski definition) is 2. The lowest BCUT2D eigenvalue weighted by Gasteiger charge is -2.24. The van der Waals surface area contributed by atoms with Crippen molar-refractivity contribution in [2.24, 2.45) is 0 Å². The Morgan fingerprint density at radius 3 is 2.81 bits per heavy atom. The van der Waals surface area contributed by atoms with Gasteiger partial charge in [0.25, 0.3) is 0 Å². The van der Waals surface area contributed by atoms with Crippen LogP contribution in [0, 0.1) is 0 Å². The number of rotatable bonds is 7. The van der Waals surface area contributed by atoms with Crippen LogP contribution < -0.4 is 5.32 Å². The topological polar surface area (TPSA) is 50.1 Å². The molecule has 2 N–H and O–H groups in total. The predicted octanol–water partition coefficient (Wildman–Crippen LogP) is 1.50. The van der Waals surface area contributed by atoms with Crippen molar-refractivity contribution in [2.75, 3.05) is 13.1 Å². The maximum atomic E-state index is 10.4. The van der Waals surface area contributed by atoms with E-state index in [0.717, 1.165) is 31.8 Å². The Morgan fingerprint density at radius 1 is 1.44 bits per heavy atom. The number of aromatic nitrogens is 2. The maximum Gasteiger partial charge on any atom is 0.141 e. The van der Waals surface area contributed by atoms with E-state index in [1.54, 1.807) is 6.20 Å².